The van der Waals surface area contributed by atoms with Crippen molar-refractivity contribution in [3.05, 3.63) is 114 Å². The molecule has 0 radical (unpaired) electrons. The summed E-state index contributed by atoms with van der Waals surface area (Å²) in [6.07, 6.45) is 9.13. The van der Waals surface area contributed by atoms with Gasteiger partial charge in [0.05, 0.1) is 5.70 Å². The maximum atomic E-state index is 14.0. The number of rotatable bonds is 8. The molecule has 2 heterocycles. The maximum Gasteiger partial charge on any atom is 0.673 e. The molecule has 2 aromatic rings. The fraction of sp³-hybridized carbons (Fsp3) is 0.450. The van der Waals surface area contributed by atoms with Gasteiger partial charge in [-0.2, -0.15) is 0 Å². The molecule has 1 aliphatic carbocycles. The standard InChI is InChI=1S/C40H51NO2S3.BF4/c1-37(2,3)31-22-27(23-32(44-31)38(4,5)6)20-29-35(41-19-18-26-16-14-13-15-17-26)30(36(29)42)21-28-24-33(45-39(7,8)9)43-34(25-28)46-40(10,11)12;2-1(3,4)5/h13-17,20-25H,18-19H2,1-12H3;/q;-1/p+1/b29-20-;. The molecule has 3 nitrogen and oxygen atoms in total. The number of halogens is 4. The topological polar surface area (TPSA) is 38.3 Å². The second kappa shape index (κ2) is 16.5. The third kappa shape index (κ3) is 14.7. The second-order valence-electron chi connectivity index (χ2n) is 16.6. The second-order valence-corrected chi connectivity index (χ2v) is 21.3. The molecule has 4 rings (SSSR count). The van der Waals surface area contributed by atoms with Gasteiger partial charge in [-0.15, -0.1) is 0 Å². The van der Waals surface area contributed by atoms with E-state index in [-0.39, 0.29) is 26.1 Å². The van der Waals surface area contributed by atoms with Crippen LogP contribution in [0.25, 0.3) is 6.08 Å². The smallest absolute Gasteiger partial charge is 0.444 e. The molecule has 2 aliphatic rings. The molecule has 278 valence electrons. The van der Waals surface area contributed by atoms with Crippen LogP contribution in [0.4, 0.5) is 17.3 Å². The van der Waals surface area contributed by atoms with E-state index in [1.165, 1.54) is 15.3 Å². The average molecular weight is 762 g/mol. The van der Waals surface area contributed by atoms with Crippen LogP contribution in [0.2, 0.25) is 0 Å². The largest absolute Gasteiger partial charge is 0.673 e. The lowest BCUT2D eigenvalue weighted by Crippen LogP contribution is -2.32. The third-order valence-corrected chi connectivity index (χ3v) is 11.0. The summed E-state index contributed by atoms with van der Waals surface area (Å²) >= 11 is 5.27. The van der Waals surface area contributed by atoms with Crippen molar-refractivity contribution < 1.29 is 26.8 Å². The van der Waals surface area contributed by atoms with Gasteiger partial charge in [0, 0.05) is 50.1 Å². The summed E-state index contributed by atoms with van der Waals surface area (Å²) in [5.74, 6) is 0.0696. The van der Waals surface area contributed by atoms with Gasteiger partial charge in [-0.25, -0.2) is 0 Å². The van der Waals surface area contributed by atoms with Crippen LogP contribution in [0.5, 0.6) is 0 Å². The average Bonchev–Trinajstić information content (AvgIpc) is 2.94. The zero-order chi connectivity index (χ0) is 38.6. The van der Waals surface area contributed by atoms with Gasteiger partial charge in [-0.3, -0.25) is 4.79 Å². The number of nitrogens with one attached hydrogen (secondary N) is 1. The van der Waals surface area contributed by atoms with Crippen LogP contribution in [-0.2, 0) is 26.8 Å². The van der Waals surface area contributed by atoms with Crippen LogP contribution < -0.4 is 5.32 Å². The van der Waals surface area contributed by atoms with E-state index in [1.807, 2.05) is 23.5 Å². The van der Waals surface area contributed by atoms with Gasteiger partial charge in [0.25, 0.3) is 0 Å². The summed E-state index contributed by atoms with van der Waals surface area (Å²) < 4.78 is 45.3. The van der Waals surface area contributed by atoms with Gasteiger partial charge >= 0.3 is 7.25 Å². The highest BCUT2D eigenvalue weighted by Crippen LogP contribution is 2.43. The van der Waals surface area contributed by atoms with Crippen molar-refractivity contribution in [3.63, 3.8) is 0 Å². The third-order valence-electron chi connectivity index (χ3n) is 7.09. The first-order chi connectivity index (χ1) is 23.2. The number of carbonyl (C=O) groups excluding carboxylic acids is 1. The molecule has 11 heteroatoms. The summed E-state index contributed by atoms with van der Waals surface area (Å²) in [4.78, 5) is 16.6. The monoisotopic (exact) mass is 761 g/mol. The molecule has 0 bridgehead atoms. The molecule has 0 saturated carbocycles. The Balaban J connectivity index is 0.00000131. The van der Waals surface area contributed by atoms with E-state index in [0.717, 1.165) is 51.1 Å². The van der Waals surface area contributed by atoms with E-state index in [4.69, 9.17) is 4.74 Å². The van der Waals surface area contributed by atoms with Crippen LogP contribution in [0.1, 0.15) is 104 Å². The molecule has 1 aromatic heterocycles. The molecule has 0 fully saturated rings. The predicted molar refractivity (Wildman–Crippen MR) is 214 cm³/mol. The summed E-state index contributed by atoms with van der Waals surface area (Å²) in [6, 6.07) is 15.0. The first-order valence-corrected chi connectivity index (χ1v) is 19.5. The van der Waals surface area contributed by atoms with Gasteiger partial charge in [0.1, 0.15) is 0 Å². The summed E-state index contributed by atoms with van der Waals surface area (Å²) in [6.45, 7) is 27.4. The van der Waals surface area contributed by atoms with E-state index in [9.17, 15) is 22.1 Å². The van der Waals surface area contributed by atoms with E-state index in [0.29, 0.717) is 0 Å². The maximum absolute atomic E-state index is 14.0. The van der Waals surface area contributed by atoms with Crippen molar-refractivity contribution in [2.45, 2.75) is 110 Å². The number of ether oxygens (including phenoxy) is 1. The molecule has 1 aromatic carbocycles. The first kappa shape index (κ1) is 42.7. The zero-order valence-corrected chi connectivity index (χ0v) is 34.3. The minimum Gasteiger partial charge on any atom is -0.444 e. The Hall–Kier alpha value is -2.76. The van der Waals surface area contributed by atoms with Crippen molar-refractivity contribution in [1.29, 1.82) is 0 Å². The predicted octanol–water partition coefficient (Wildman–Crippen LogP) is 12.7. The van der Waals surface area contributed by atoms with Gasteiger partial charge in [0.2, 0.25) is 21.1 Å². The summed E-state index contributed by atoms with van der Waals surface area (Å²) in [7, 11) is -6.00. The van der Waals surface area contributed by atoms with Crippen molar-refractivity contribution >= 4 is 54.0 Å². The Morgan fingerprint density at radius 1 is 0.765 bits per heavy atom. The van der Waals surface area contributed by atoms with E-state index in [1.54, 1.807) is 23.5 Å². The number of ketones is 1. The number of Topliss-reactive ketones (excluding diaryl/α,β-unsaturated/α-hetero) is 1. The molecule has 0 unspecified atom stereocenters. The highest BCUT2D eigenvalue weighted by molar-refractivity contribution is 8.05. The molecule has 0 atom stereocenters. The minimum absolute atomic E-state index is 0.00817. The van der Waals surface area contributed by atoms with Gasteiger partial charge < -0.3 is 27.3 Å². The molecule has 1 N–H and O–H groups in total. The molecule has 51 heavy (non-hydrogen) atoms. The number of hydrogen-bond acceptors (Lipinski definition) is 5. The van der Waals surface area contributed by atoms with Crippen molar-refractivity contribution in [1.82, 2.24) is 5.32 Å². The SMILES string of the molecule is CC(C)(C)SC1=CC(=CC2=C(NCCc3ccccc3)/C(=C/c3cc(C(C)(C)C)[s+]c(C(C)(C)C)c3)C2=O)C=C(SC(C)(C)C)O1.F[B-](F)(F)F. The summed E-state index contributed by atoms with van der Waals surface area (Å²) in [5.41, 5.74) is 5.71. The fourth-order valence-electron chi connectivity index (χ4n) is 4.83. The Morgan fingerprint density at radius 2 is 1.24 bits per heavy atom. The number of carbonyl (C=O) groups is 1. The summed E-state index contributed by atoms with van der Waals surface area (Å²) in [5, 5.41) is 5.37. The van der Waals surface area contributed by atoms with E-state index < -0.39 is 7.25 Å². The van der Waals surface area contributed by atoms with Crippen LogP contribution in [0.15, 0.2) is 93.3 Å². The van der Waals surface area contributed by atoms with E-state index in [2.05, 4.69) is 143 Å². The Bertz CT molecular complexity index is 1660. The molecule has 0 amide bonds. The zero-order valence-electron chi connectivity index (χ0n) is 31.9. The van der Waals surface area contributed by atoms with Crippen LogP contribution in [0.3, 0.4) is 0 Å². The molecule has 0 saturated heterocycles. The number of hydrogen-bond donors (Lipinski definition) is 1. The van der Waals surface area contributed by atoms with Gasteiger partial charge in [0.15, 0.2) is 16.0 Å². The lowest BCUT2D eigenvalue weighted by Gasteiger charge is -2.28. The number of benzene rings is 1. The van der Waals surface area contributed by atoms with Crippen LogP contribution in [-0.4, -0.2) is 29.1 Å². The Labute approximate surface area is 315 Å². The number of allylic oxidation sites excluding steroid dienone is 6. The minimum atomic E-state index is -6.00. The molecular weight excluding hydrogens is 709 g/mol. The highest BCUT2D eigenvalue weighted by atomic mass is 32.2. The van der Waals surface area contributed by atoms with Crippen molar-refractivity contribution in [3.8, 4) is 0 Å². The lowest BCUT2D eigenvalue weighted by atomic mass is 9.83. The van der Waals surface area contributed by atoms with Crippen molar-refractivity contribution in [2.24, 2.45) is 0 Å². The molecular formula is C40H52BF4NO2S3. The van der Waals surface area contributed by atoms with Crippen molar-refractivity contribution in [2.75, 3.05) is 6.54 Å². The lowest BCUT2D eigenvalue weighted by molar-refractivity contribution is -0.112. The van der Waals surface area contributed by atoms with Gasteiger partial charge in [-0.1, -0.05) is 137 Å². The number of thioether (sulfide) groups is 2. The molecule has 1 aliphatic heterocycles. The molecule has 0 spiro atoms. The quantitative estimate of drug-likeness (QED) is 0.126. The van der Waals surface area contributed by atoms with Gasteiger partial charge in [-0.05, 0) is 47.4 Å². The van der Waals surface area contributed by atoms with Crippen LogP contribution in [0, 0.1) is 0 Å². The first-order valence-electron chi connectivity index (χ1n) is 17.0. The normalized spacial score (nSPS) is 16.5. The Morgan fingerprint density at radius 3 is 1.67 bits per heavy atom. The highest BCUT2D eigenvalue weighted by Gasteiger charge is 2.35. The van der Waals surface area contributed by atoms with E-state index >= 15 is 0 Å². The fourth-order valence-corrected chi connectivity index (χ4v) is 7.99. The van der Waals surface area contributed by atoms with Crippen LogP contribution >= 0.6 is 34.9 Å². The Kier molecular flexibility index (Phi) is 13.8.